The van der Waals surface area contributed by atoms with Crippen molar-refractivity contribution in [1.82, 2.24) is 4.98 Å². The number of aromatic nitrogens is 1. The predicted octanol–water partition coefficient (Wildman–Crippen LogP) is 3.36. The van der Waals surface area contributed by atoms with Crippen molar-refractivity contribution < 1.29 is 4.79 Å². The molecule has 82 valence electrons. The summed E-state index contributed by atoms with van der Waals surface area (Å²) in [5.41, 5.74) is 1.49. The number of nitrogens with zero attached hydrogens (tertiary/aromatic N) is 1. The highest BCUT2D eigenvalue weighted by Crippen LogP contribution is 2.21. The highest BCUT2D eigenvalue weighted by Gasteiger charge is 2.12. The van der Waals surface area contributed by atoms with Crippen molar-refractivity contribution in [2.45, 2.75) is 6.92 Å². The molecule has 0 fully saturated rings. The van der Waals surface area contributed by atoms with Crippen molar-refractivity contribution in [1.29, 1.82) is 0 Å². The lowest BCUT2D eigenvalue weighted by atomic mass is 10.3. The Morgan fingerprint density at radius 2 is 2.31 bits per heavy atom. The van der Waals surface area contributed by atoms with Crippen LogP contribution in [0, 0.1) is 6.92 Å². The number of halogens is 1. The zero-order chi connectivity index (χ0) is 11.5. The fraction of sp³-hybridized carbons (Fsp3) is 0.0909. The number of thiophene rings is 1. The molecular formula is C11H9ClN2OS. The van der Waals surface area contributed by atoms with Crippen LogP contribution in [0.25, 0.3) is 0 Å². The second-order valence-corrected chi connectivity index (χ2v) is 4.50. The van der Waals surface area contributed by atoms with Crippen LogP contribution in [-0.2, 0) is 0 Å². The zero-order valence-corrected chi connectivity index (χ0v) is 10.1. The lowest BCUT2D eigenvalue weighted by Gasteiger charge is -2.05. The van der Waals surface area contributed by atoms with Crippen LogP contribution < -0.4 is 5.32 Å². The van der Waals surface area contributed by atoms with Crippen molar-refractivity contribution >= 4 is 34.5 Å². The Kier molecular flexibility index (Phi) is 3.22. The Labute approximate surface area is 102 Å². The molecule has 0 atom stereocenters. The topological polar surface area (TPSA) is 42.0 Å². The van der Waals surface area contributed by atoms with Crippen LogP contribution in [0.5, 0.6) is 0 Å². The lowest BCUT2D eigenvalue weighted by molar-refractivity contribution is 0.103. The van der Waals surface area contributed by atoms with E-state index in [1.807, 2.05) is 18.4 Å². The van der Waals surface area contributed by atoms with E-state index in [0.717, 1.165) is 5.56 Å². The Balaban J connectivity index is 2.21. The van der Waals surface area contributed by atoms with Gasteiger partial charge in [-0.2, -0.15) is 0 Å². The maximum atomic E-state index is 11.9. The average molecular weight is 253 g/mol. The monoisotopic (exact) mass is 252 g/mol. The number of nitrogens with one attached hydrogen (secondary N) is 1. The van der Waals surface area contributed by atoms with Gasteiger partial charge in [-0.05, 0) is 36.1 Å². The number of hydrogen-bond acceptors (Lipinski definition) is 3. The molecule has 0 bridgehead atoms. The SMILES string of the molecule is Cc1ccsc1C(=O)Nc1cccnc1Cl. The summed E-state index contributed by atoms with van der Waals surface area (Å²) < 4.78 is 0. The largest absolute Gasteiger partial charge is 0.319 e. The van der Waals surface area contributed by atoms with Gasteiger partial charge in [0.15, 0.2) is 5.15 Å². The van der Waals surface area contributed by atoms with Gasteiger partial charge in [-0.1, -0.05) is 11.6 Å². The highest BCUT2D eigenvalue weighted by molar-refractivity contribution is 7.12. The Bertz CT molecular complexity index is 524. The molecule has 2 rings (SSSR count). The van der Waals surface area contributed by atoms with Crippen LogP contribution in [0.15, 0.2) is 29.8 Å². The van der Waals surface area contributed by atoms with E-state index >= 15 is 0 Å². The second-order valence-electron chi connectivity index (χ2n) is 3.23. The molecule has 2 aromatic rings. The lowest BCUT2D eigenvalue weighted by Crippen LogP contribution is -2.11. The number of pyridine rings is 1. The first-order valence-electron chi connectivity index (χ1n) is 4.64. The standard InChI is InChI=1S/C11H9ClN2OS/c1-7-4-6-16-9(7)11(15)14-8-3-2-5-13-10(8)12/h2-6H,1H3,(H,14,15). The molecule has 2 heterocycles. The van der Waals surface area contributed by atoms with E-state index in [1.54, 1.807) is 18.3 Å². The number of anilines is 1. The summed E-state index contributed by atoms with van der Waals surface area (Å²) in [4.78, 5) is 16.4. The Morgan fingerprint density at radius 3 is 2.94 bits per heavy atom. The summed E-state index contributed by atoms with van der Waals surface area (Å²) in [6.07, 6.45) is 1.58. The minimum atomic E-state index is -0.151. The van der Waals surface area contributed by atoms with E-state index < -0.39 is 0 Å². The van der Waals surface area contributed by atoms with Gasteiger partial charge in [-0.25, -0.2) is 4.98 Å². The van der Waals surface area contributed by atoms with Crippen LogP contribution in [0.1, 0.15) is 15.2 Å². The highest BCUT2D eigenvalue weighted by atomic mass is 35.5. The van der Waals surface area contributed by atoms with Gasteiger partial charge < -0.3 is 5.32 Å². The van der Waals surface area contributed by atoms with Crippen LogP contribution >= 0.6 is 22.9 Å². The molecule has 16 heavy (non-hydrogen) atoms. The van der Waals surface area contributed by atoms with Crippen LogP contribution in [0.4, 0.5) is 5.69 Å². The summed E-state index contributed by atoms with van der Waals surface area (Å²) in [5.74, 6) is -0.151. The van der Waals surface area contributed by atoms with E-state index in [9.17, 15) is 4.79 Å². The predicted molar refractivity (Wildman–Crippen MR) is 66.3 cm³/mol. The third-order valence-electron chi connectivity index (χ3n) is 2.08. The molecule has 2 aromatic heterocycles. The molecule has 5 heteroatoms. The Morgan fingerprint density at radius 1 is 1.50 bits per heavy atom. The molecule has 0 aliphatic heterocycles. The van der Waals surface area contributed by atoms with Crippen molar-refractivity contribution in [3.63, 3.8) is 0 Å². The first-order chi connectivity index (χ1) is 7.68. The quantitative estimate of drug-likeness (QED) is 0.833. The summed E-state index contributed by atoms with van der Waals surface area (Å²) >= 11 is 7.25. The number of hydrogen-bond donors (Lipinski definition) is 1. The average Bonchev–Trinajstić information content (AvgIpc) is 2.68. The van der Waals surface area contributed by atoms with Gasteiger partial charge in [-0.15, -0.1) is 11.3 Å². The van der Waals surface area contributed by atoms with Crippen molar-refractivity contribution in [2.24, 2.45) is 0 Å². The number of carbonyl (C=O) groups is 1. The van der Waals surface area contributed by atoms with Crippen LogP contribution in [0.2, 0.25) is 5.15 Å². The third-order valence-corrected chi connectivity index (χ3v) is 3.39. The maximum absolute atomic E-state index is 11.9. The van der Waals surface area contributed by atoms with Gasteiger partial charge in [-0.3, -0.25) is 4.79 Å². The first kappa shape index (κ1) is 11.1. The number of amides is 1. The Hall–Kier alpha value is -1.39. The van der Waals surface area contributed by atoms with E-state index in [2.05, 4.69) is 10.3 Å². The summed E-state index contributed by atoms with van der Waals surface area (Å²) in [5, 5.41) is 4.91. The van der Waals surface area contributed by atoms with Crippen LogP contribution in [-0.4, -0.2) is 10.9 Å². The molecule has 0 radical (unpaired) electrons. The maximum Gasteiger partial charge on any atom is 0.266 e. The van der Waals surface area contributed by atoms with Gasteiger partial charge in [0, 0.05) is 6.20 Å². The number of rotatable bonds is 2. The van der Waals surface area contributed by atoms with Crippen LogP contribution in [0.3, 0.4) is 0 Å². The van der Waals surface area contributed by atoms with Crippen molar-refractivity contribution in [3.8, 4) is 0 Å². The molecule has 0 aliphatic carbocycles. The van der Waals surface area contributed by atoms with Crippen molar-refractivity contribution in [2.75, 3.05) is 5.32 Å². The van der Waals surface area contributed by atoms with Crippen molar-refractivity contribution in [3.05, 3.63) is 45.4 Å². The second kappa shape index (κ2) is 4.63. The van der Waals surface area contributed by atoms with Gasteiger partial charge in [0.1, 0.15) is 0 Å². The number of aryl methyl sites for hydroxylation is 1. The van der Waals surface area contributed by atoms with Gasteiger partial charge >= 0.3 is 0 Å². The summed E-state index contributed by atoms with van der Waals surface area (Å²) in [6, 6.07) is 5.35. The fourth-order valence-corrected chi connectivity index (χ4v) is 2.25. The molecular weight excluding hydrogens is 244 g/mol. The molecule has 0 aromatic carbocycles. The summed E-state index contributed by atoms with van der Waals surface area (Å²) in [7, 11) is 0. The minimum Gasteiger partial charge on any atom is -0.319 e. The summed E-state index contributed by atoms with van der Waals surface area (Å²) in [6.45, 7) is 1.90. The molecule has 1 amide bonds. The molecule has 0 saturated heterocycles. The van der Waals surface area contributed by atoms with Gasteiger partial charge in [0.2, 0.25) is 0 Å². The minimum absolute atomic E-state index is 0.151. The zero-order valence-electron chi connectivity index (χ0n) is 8.53. The normalized spacial score (nSPS) is 10.1. The molecule has 0 saturated carbocycles. The molecule has 0 spiro atoms. The number of carbonyl (C=O) groups excluding carboxylic acids is 1. The smallest absolute Gasteiger partial charge is 0.266 e. The van der Waals surface area contributed by atoms with E-state index in [0.29, 0.717) is 15.7 Å². The molecule has 0 unspecified atom stereocenters. The van der Waals surface area contributed by atoms with E-state index in [-0.39, 0.29) is 5.91 Å². The first-order valence-corrected chi connectivity index (χ1v) is 5.90. The molecule has 1 N–H and O–H groups in total. The fourth-order valence-electron chi connectivity index (χ4n) is 1.26. The van der Waals surface area contributed by atoms with E-state index in [1.165, 1.54) is 11.3 Å². The third kappa shape index (κ3) is 2.23. The van der Waals surface area contributed by atoms with Gasteiger partial charge in [0.05, 0.1) is 10.6 Å². The van der Waals surface area contributed by atoms with E-state index in [4.69, 9.17) is 11.6 Å². The molecule has 0 aliphatic rings. The molecule has 3 nitrogen and oxygen atoms in total. The van der Waals surface area contributed by atoms with Gasteiger partial charge in [0.25, 0.3) is 5.91 Å².